The van der Waals surface area contributed by atoms with Gasteiger partial charge in [0.2, 0.25) is 0 Å². The average Bonchev–Trinajstić information content (AvgIpc) is 2.74. The zero-order valence-electron chi connectivity index (χ0n) is 17.8. The molecule has 0 aliphatic heterocycles. The minimum atomic E-state index is -0.561. The van der Waals surface area contributed by atoms with Crippen LogP contribution in [0.25, 0.3) is 0 Å². The molecule has 31 heavy (non-hydrogen) atoms. The molecule has 0 saturated heterocycles. The molecule has 1 N–H and O–H groups in total. The van der Waals surface area contributed by atoms with E-state index in [9.17, 15) is 9.59 Å². The van der Waals surface area contributed by atoms with Crippen LogP contribution in [0.2, 0.25) is 5.02 Å². The number of ketones is 1. The highest BCUT2D eigenvalue weighted by atomic mass is 35.5. The number of halogens is 1. The van der Waals surface area contributed by atoms with Gasteiger partial charge in [-0.1, -0.05) is 41.9 Å². The first-order valence-electron chi connectivity index (χ1n) is 9.95. The first kappa shape index (κ1) is 22.5. The Morgan fingerprint density at radius 2 is 1.77 bits per heavy atom. The monoisotopic (exact) mass is 436 g/mol. The van der Waals surface area contributed by atoms with Crippen LogP contribution in [-0.2, 0) is 23.2 Å². The van der Waals surface area contributed by atoms with Crippen molar-refractivity contribution in [2.75, 3.05) is 7.11 Å². The minimum Gasteiger partial charge on any atom is -0.496 e. The van der Waals surface area contributed by atoms with Crippen LogP contribution in [0.15, 0.2) is 66.9 Å². The largest absolute Gasteiger partial charge is 0.496 e. The minimum absolute atomic E-state index is 0.0114. The summed E-state index contributed by atoms with van der Waals surface area (Å²) in [7, 11) is 1.56. The molecule has 0 aliphatic carbocycles. The van der Waals surface area contributed by atoms with Crippen LogP contribution < -0.4 is 10.1 Å². The van der Waals surface area contributed by atoms with Crippen LogP contribution in [0.4, 0.5) is 0 Å². The molecule has 160 valence electrons. The fraction of sp³-hybridized carbons (Fsp3) is 0.240. The van der Waals surface area contributed by atoms with Crippen molar-refractivity contribution < 1.29 is 14.3 Å². The number of hydrogen-bond acceptors (Lipinski definition) is 4. The Labute approximate surface area is 187 Å². The van der Waals surface area contributed by atoms with E-state index in [2.05, 4.69) is 10.3 Å². The summed E-state index contributed by atoms with van der Waals surface area (Å²) in [5, 5.41) is 3.56. The summed E-state index contributed by atoms with van der Waals surface area (Å²) in [5.41, 5.74) is 2.16. The number of rotatable bonds is 8. The van der Waals surface area contributed by atoms with Gasteiger partial charge in [0.05, 0.1) is 12.6 Å². The zero-order valence-corrected chi connectivity index (χ0v) is 18.6. The van der Waals surface area contributed by atoms with Crippen molar-refractivity contribution in [1.29, 1.82) is 0 Å². The second-order valence-electron chi connectivity index (χ2n) is 7.84. The van der Waals surface area contributed by atoms with Crippen LogP contribution in [0, 0.1) is 0 Å². The number of aromatic nitrogens is 1. The number of benzene rings is 2. The molecular formula is C25H25ClN2O3. The highest BCUT2D eigenvalue weighted by molar-refractivity contribution is 6.30. The Morgan fingerprint density at radius 3 is 2.48 bits per heavy atom. The van der Waals surface area contributed by atoms with E-state index in [4.69, 9.17) is 16.3 Å². The number of carbonyl (C=O) groups is 2. The van der Waals surface area contributed by atoms with Crippen LogP contribution >= 0.6 is 11.6 Å². The molecule has 0 fully saturated rings. The fourth-order valence-corrected chi connectivity index (χ4v) is 3.57. The number of hydrogen-bond donors (Lipinski definition) is 1. The first-order valence-corrected chi connectivity index (χ1v) is 10.3. The van der Waals surface area contributed by atoms with Crippen molar-refractivity contribution in [2.24, 2.45) is 0 Å². The maximum Gasteiger partial charge on any atom is 0.270 e. The summed E-state index contributed by atoms with van der Waals surface area (Å²) in [6, 6.07) is 18.3. The SMILES string of the molecule is COc1ccc(Cl)cc1CC(=O)Cc1ccnc(C(=O)NC(C)(C)c2ccccc2)c1. The van der Waals surface area contributed by atoms with Crippen molar-refractivity contribution in [2.45, 2.75) is 32.2 Å². The molecule has 1 aromatic heterocycles. The molecule has 1 amide bonds. The number of methoxy groups -OCH3 is 1. The summed E-state index contributed by atoms with van der Waals surface area (Å²) in [6.07, 6.45) is 1.92. The van der Waals surface area contributed by atoms with Gasteiger partial charge in [-0.15, -0.1) is 0 Å². The predicted molar refractivity (Wildman–Crippen MR) is 122 cm³/mol. The van der Waals surface area contributed by atoms with Crippen LogP contribution in [0.3, 0.4) is 0 Å². The lowest BCUT2D eigenvalue weighted by Crippen LogP contribution is -2.41. The van der Waals surface area contributed by atoms with Crippen LogP contribution in [-0.4, -0.2) is 23.8 Å². The molecule has 0 unspecified atom stereocenters. The third kappa shape index (κ3) is 5.92. The first-order chi connectivity index (χ1) is 14.8. The maximum absolute atomic E-state index is 12.8. The lowest BCUT2D eigenvalue weighted by Gasteiger charge is -2.26. The summed E-state index contributed by atoms with van der Waals surface area (Å²) in [4.78, 5) is 29.6. The molecule has 2 aromatic carbocycles. The van der Waals surface area contributed by atoms with Crippen molar-refractivity contribution in [1.82, 2.24) is 10.3 Å². The van der Waals surface area contributed by atoms with Gasteiger partial charge in [0, 0.05) is 29.6 Å². The number of pyridine rings is 1. The lowest BCUT2D eigenvalue weighted by atomic mass is 9.94. The fourth-order valence-electron chi connectivity index (χ4n) is 3.37. The number of nitrogens with zero attached hydrogens (tertiary/aromatic N) is 1. The molecule has 0 atom stereocenters. The molecule has 0 spiro atoms. The molecule has 6 heteroatoms. The third-order valence-electron chi connectivity index (χ3n) is 5.01. The number of nitrogens with one attached hydrogen (secondary N) is 1. The quantitative estimate of drug-likeness (QED) is 0.552. The Balaban J connectivity index is 1.69. The molecule has 3 rings (SSSR count). The number of Topliss-reactive ketones (excluding diaryl/α,β-unsaturated/α-hetero) is 1. The molecule has 3 aromatic rings. The van der Waals surface area contributed by atoms with Gasteiger partial charge in [-0.25, -0.2) is 0 Å². The van der Waals surface area contributed by atoms with E-state index in [-0.39, 0.29) is 30.2 Å². The third-order valence-corrected chi connectivity index (χ3v) is 5.24. The Bertz CT molecular complexity index is 1080. The summed E-state index contributed by atoms with van der Waals surface area (Å²) < 4.78 is 5.31. The van der Waals surface area contributed by atoms with E-state index in [1.165, 1.54) is 0 Å². The number of ether oxygens (including phenoxy) is 1. The molecule has 0 radical (unpaired) electrons. The van der Waals surface area contributed by atoms with E-state index >= 15 is 0 Å². The van der Waals surface area contributed by atoms with Gasteiger partial charge < -0.3 is 10.1 Å². The average molecular weight is 437 g/mol. The summed E-state index contributed by atoms with van der Waals surface area (Å²) in [5.74, 6) is 0.318. The van der Waals surface area contributed by atoms with Gasteiger partial charge in [-0.05, 0) is 55.3 Å². The van der Waals surface area contributed by atoms with Crippen LogP contribution in [0.5, 0.6) is 5.75 Å². The Hall–Kier alpha value is -3.18. The van der Waals surface area contributed by atoms with Gasteiger partial charge >= 0.3 is 0 Å². The predicted octanol–water partition coefficient (Wildman–Crippen LogP) is 4.76. The Morgan fingerprint density at radius 1 is 1.03 bits per heavy atom. The smallest absolute Gasteiger partial charge is 0.270 e. The van der Waals surface area contributed by atoms with Gasteiger partial charge in [-0.2, -0.15) is 0 Å². The van der Waals surface area contributed by atoms with Gasteiger partial charge in [0.25, 0.3) is 5.91 Å². The molecular weight excluding hydrogens is 412 g/mol. The molecule has 0 bridgehead atoms. The second kappa shape index (κ2) is 9.75. The zero-order chi connectivity index (χ0) is 22.4. The Kier molecular flexibility index (Phi) is 7.08. The van der Waals surface area contributed by atoms with Crippen molar-refractivity contribution in [3.05, 3.63) is 94.3 Å². The molecule has 0 saturated carbocycles. The molecule has 0 aliphatic rings. The van der Waals surface area contributed by atoms with Crippen LogP contribution in [0.1, 0.15) is 41.0 Å². The van der Waals surface area contributed by atoms with Gasteiger partial charge in [0.1, 0.15) is 17.2 Å². The van der Waals surface area contributed by atoms with E-state index in [1.807, 2.05) is 44.2 Å². The van der Waals surface area contributed by atoms with Crippen molar-refractivity contribution in [3.63, 3.8) is 0 Å². The van der Waals surface area contributed by atoms with Crippen molar-refractivity contribution >= 4 is 23.3 Å². The highest BCUT2D eigenvalue weighted by Gasteiger charge is 2.24. The number of amides is 1. The van der Waals surface area contributed by atoms with E-state index in [0.29, 0.717) is 10.8 Å². The van der Waals surface area contributed by atoms with E-state index in [0.717, 1.165) is 16.7 Å². The highest BCUT2D eigenvalue weighted by Crippen LogP contribution is 2.24. The topological polar surface area (TPSA) is 68.3 Å². The molecule has 1 heterocycles. The van der Waals surface area contributed by atoms with E-state index < -0.39 is 5.54 Å². The number of carbonyl (C=O) groups excluding carboxylic acids is 2. The summed E-state index contributed by atoms with van der Waals surface area (Å²) in [6.45, 7) is 3.87. The standard InChI is InChI=1S/C25H25ClN2O3/c1-25(2,19-7-5-4-6-8-19)28-24(30)22-14-17(11-12-27-22)13-21(29)16-18-15-20(26)9-10-23(18)31-3/h4-12,14-15H,13,16H2,1-3H3,(H,28,30). The van der Waals surface area contributed by atoms with Gasteiger partial charge in [-0.3, -0.25) is 14.6 Å². The maximum atomic E-state index is 12.8. The van der Waals surface area contributed by atoms with Crippen molar-refractivity contribution in [3.8, 4) is 5.75 Å². The van der Waals surface area contributed by atoms with E-state index in [1.54, 1.807) is 43.6 Å². The van der Waals surface area contributed by atoms with Gasteiger partial charge in [0.15, 0.2) is 0 Å². The lowest BCUT2D eigenvalue weighted by molar-refractivity contribution is -0.117. The molecule has 5 nitrogen and oxygen atoms in total. The second-order valence-corrected chi connectivity index (χ2v) is 8.28. The normalized spacial score (nSPS) is 11.1. The summed E-state index contributed by atoms with van der Waals surface area (Å²) >= 11 is 6.05.